The van der Waals surface area contributed by atoms with E-state index in [1.165, 1.54) is 30.9 Å². The second-order valence-corrected chi connectivity index (χ2v) is 9.19. The number of fused-ring (bicyclic) bond motifs is 1. The fraction of sp³-hybridized carbons (Fsp3) is 0.769. The van der Waals surface area contributed by atoms with Crippen molar-refractivity contribution in [3.05, 3.63) is 0 Å². The Bertz CT molecular complexity index is 653. The minimum atomic E-state index is -3.30. The van der Waals surface area contributed by atoms with Crippen LogP contribution >= 0.6 is 11.5 Å². The van der Waals surface area contributed by atoms with Crippen LogP contribution in [0.5, 0.6) is 0 Å². The van der Waals surface area contributed by atoms with E-state index in [-0.39, 0.29) is 16.0 Å². The molecule has 21 heavy (non-hydrogen) atoms. The molecule has 0 bridgehead atoms. The van der Waals surface area contributed by atoms with Crippen LogP contribution in [-0.4, -0.2) is 48.1 Å². The first-order valence-corrected chi connectivity index (χ1v) is 9.89. The predicted molar refractivity (Wildman–Crippen MR) is 83.4 cm³/mol. The first-order valence-electron chi connectivity index (χ1n) is 7.57. The van der Waals surface area contributed by atoms with Gasteiger partial charge in [-0.3, -0.25) is 4.90 Å². The number of nitrogen functional groups attached to an aromatic ring is 1. The molecular weight excluding hydrogens is 308 g/mol. The SMILES string of the molecule is Nc1nsc(NC2CCN3CCCC23)c1S(=O)(=O)C1CC1. The average Bonchev–Trinajstić information content (AvgIpc) is 2.94. The standard InChI is InChI=1S/C13H20N4O2S2/c14-12-11(21(18,19)8-3-4-8)13(20-16-12)15-9-5-7-17-6-1-2-10(9)17/h8-10,15H,1-7H2,(H2,14,16). The van der Waals surface area contributed by atoms with E-state index in [9.17, 15) is 8.42 Å². The predicted octanol–water partition coefficient (Wildman–Crippen LogP) is 1.31. The van der Waals surface area contributed by atoms with Crippen LogP contribution in [0, 0.1) is 0 Å². The summed E-state index contributed by atoms with van der Waals surface area (Å²) >= 11 is 1.19. The van der Waals surface area contributed by atoms with Gasteiger partial charge in [-0.05, 0) is 50.2 Å². The van der Waals surface area contributed by atoms with E-state index in [0.29, 0.717) is 17.1 Å². The fourth-order valence-electron chi connectivity index (χ4n) is 3.63. The van der Waals surface area contributed by atoms with Crippen molar-refractivity contribution in [1.82, 2.24) is 9.27 Å². The summed E-state index contributed by atoms with van der Waals surface area (Å²) in [6, 6.07) is 0.852. The van der Waals surface area contributed by atoms with E-state index in [2.05, 4.69) is 14.6 Å². The summed E-state index contributed by atoms with van der Waals surface area (Å²) in [7, 11) is -3.30. The Morgan fingerprint density at radius 3 is 2.81 bits per heavy atom. The Balaban J connectivity index is 1.61. The second kappa shape index (κ2) is 4.82. The minimum Gasteiger partial charge on any atom is -0.382 e. The van der Waals surface area contributed by atoms with Crippen LogP contribution in [0.1, 0.15) is 32.1 Å². The molecule has 4 rings (SSSR count). The summed E-state index contributed by atoms with van der Waals surface area (Å²) in [4.78, 5) is 2.75. The Morgan fingerprint density at radius 1 is 1.24 bits per heavy atom. The highest BCUT2D eigenvalue weighted by atomic mass is 32.2. The molecule has 1 saturated carbocycles. The van der Waals surface area contributed by atoms with Crippen molar-refractivity contribution in [3.63, 3.8) is 0 Å². The van der Waals surface area contributed by atoms with Crippen LogP contribution in [0.3, 0.4) is 0 Å². The maximum atomic E-state index is 12.5. The topological polar surface area (TPSA) is 88.3 Å². The highest BCUT2D eigenvalue weighted by molar-refractivity contribution is 7.92. The van der Waals surface area contributed by atoms with Crippen LogP contribution in [0.15, 0.2) is 4.90 Å². The van der Waals surface area contributed by atoms with Gasteiger partial charge in [0.2, 0.25) is 0 Å². The summed E-state index contributed by atoms with van der Waals surface area (Å²) in [5.41, 5.74) is 5.84. The van der Waals surface area contributed by atoms with Crippen molar-refractivity contribution in [2.24, 2.45) is 0 Å². The molecule has 6 nitrogen and oxygen atoms in total. The molecule has 0 aromatic carbocycles. The molecule has 3 fully saturated rings. The first kappa shape index (κ1) is 13.8. The third-order valence-electron chi connectivity index (χ3n) is 4.84. The summed E-state index contributed by atoms with van der Waals surface area (Å²) < 4.78 is 29.2. The summed E-state index contributed by atoms with van der Waals surface area (Å²) in [5, 5.41) is 3.85. The first-order chi connectivity index (χ1) is 10.1. The molecule has 3 N–H and O–H groups in total. The van der Waals surface area contributed by atoms with Crippen molar-refractivity contribution in [2.45, 2.75) is 54.3 Å². The van der Waals surface area contributed by atoms with Gasteiger partial charge in [0.15, 0.2) is 15.7 Å². The quantitative estimate of drug-likeness (QED) is 0.866. The summed E-state index contributed by atoms with van der Waals surface area (Å²) in [6.45, 7) is 2.27. The van der Waals surface area contributed by atoms with Crippen molar-refractivity contribution >= 4 is 32.2 Å². The zero-order valence-corrected chi connectivity index (χ0v) is 13.4. The molecule has 1 aliphatic carbocycles. The second-order valence-electron chi connectivity index (χ2n) is 6.26. The lowest BCUT2D eigenvalue weighted by atomic mass is 10.1. The molecule has 1 aromatic heterocycles. The molecule has 8 heteroatoms. The molecule has 2 unspecified atom stereocenters. The number of rotatable bonds is 4. The fourth-order valence-corrected chi connectivity index (χ4v) is 6.56. The van der Waals surface area contributed by atoms with Gasteiger partial charge in [0.1, 0.15) is 9.90 Å². The zero-order valence-electron chi connectivity index (χ0n) is 11.8. The molecule has 1 aromatic rings. The lowest BCUT2D eigenvalue weighted by molar-refractivity contribution is 0.318. The van der Waals surface area contributed by atoms with Gasteiger partial charge < -0.3 is 11.1 Å². The number of nitrogens with one attached hydrogen (secondary N) is 1. The normalized spacial score (nSPS) is 29.7. The van der Waals surface area contributed by atoms with Crippen molar-refractivity contribution in [3.8, 4) is 0 Å². The third kappa shape index (κ3) is 2.24. The molecule has 3 aliphatic rings. The Kier molecular flexibility index (Phi) is 3.16. The van der Waals surface area contributed by atoms with Crippen LogP contribution in [0.25, 0.3) is 0 Å². The minimum absolute atomic E-state index is 0.163. The maximum Gasteiger partial charge on any atom is 0.187 e. The zero-order chi connectivity index (χ0) is 14.6. The van der Waals surface area contributed by atoms with Gasteiger partial charge in [-0.15, -0.1) is 0 Å². The highest BCUT2D eigenvalue weighted by Crippen LogP contribution is 2.42. The third-order valence-corrected chi connectivity index (χ3v) is 8.10. The largest absolute Gasteiger partial charge is 0.382 e. The van der Waals surface area contributed by atoms with Crippen LogP contribution in [0.4, 0.5) is 10.8 Å². The molecule has 3 heterocycles. The van der Waals surface area contributed by atoms with Crippen LogP contribution < -0.4 is 11.1 Å². The molecular formula is C13H20N4O2S2. The molecule has 2 saturated heterocycles. The van der Waals surface area contributed by atoms with Gasteiger partial charge in [0.05, 0.1) is 5.25 Å². The molecule has 0 amide bonds. The molecule has 2 atom stereocenters. The van der Waals surface area contributed by atoms with Gasteiger partial charge in [-0.1, -0.05) is 0 Å². The van der Waals surface area contributed by atoms with Crippen LogP contribution in [-0.2, 0) is 9.84 Å². The van der Waals surface area contributed by atoms with Crippen molar-refractivity contribution in [2.75, 3.05) is 24.1 Å². The molecule has 0 spiro atoms. The molecule has 0 radical (unpaired) electrons. The van der Waals surface area contributed by atoms with Gasteiger partial charge >= 0.3 is 0 Å². The summed E-state index contributed by atoms with van der Waals surface area (Å²) in [5.74, 6) is 0.163. The number of nitrogens with zero attached hydrogens (tertiary/aromatic N) is 2. The van der Waals surface area contributed by atoms with Crippen LogP contribution in [0.2, 0.25) is 0 Å². The number of aromatic nitrogens is 1. The van der Waals surface area contributed by atoms with E-state index in [4.69, 9.17) is 5.73 Å². The van der Waals surface area contributed by atoms with E-state index in [0.717, 1.165) is 25.8 Å². The number of sulfone groups is 1. The monoisotopic (exact) mass is 328 g/mol. The molecule has 2 aliphatic heterocycles. The summed E-state index contributed by atoms with van der Waals surface area (Å²) in [6.07, 6.45) is 4.98. The van der Waals surface area contributed by atoms with E-state index < -0.39 is 9.84 Å². The average molecular weight is 328 g/mol. The number of hydrogen-bond acceptors (Lipinski definition) is 7. The maximum absolute atomic E-state index is 12.5. The number of hydrogen-bond donors (Lipinski definition) is 2. The van der Waals surface area contributed by atoms with E-state index >= 15 is 0 Å². The van der Waals surface area contributed by atoms with Gasteiger partial charge in [-0.2, -0.15) is 4.37 Å². The van der Waals surface area contributed by atoms with E-state index in [1.54, 1.807) is 0 Å². The van der Waals surface area contributed by atoms with Crippen molar-refractivity contribution in [1.29, 1.82) is 0 Å². The Hall–Kier alpha value is -0.860. The smallest absolute Gasteiger partial charge is 0.187 e. The van der Waals surface area contributed by atoms with Gasteiger partial charge in [-0.25, -0.2) is 8.42 Å². The van der Waals surface area contributed by atoms with Gasteiger partial charge in [0.25, 0.3) is 0 Å². The van der Waals surface area contributed by atoms with Crippen molar-refractivity contribution < 1.29 is 8.42 Å². The van der Waals surface area contributed by atoms with Gasteiger partial charge in [0, 0.05) is 18.6 Å². The molecule has 116 valence electrons. The Labute approximate surface area is 128 Å². The lowest BCUT2D eigenvalue weighted by Gasteiger charge is -2.21. The number of anilines is 2. The Morgan fingerprint density at radius 2 is 2.05 bits per heavy atom. The van der Waals surface area contributed by atoms with E-state index in [1.807, 2.05) is 0 Å². The lowest BCUT2D eigenvalue weighted by Crippen LogP contribution is -2.33. The number of nitrogens with two attached hydrogens (primary N) is 1. The highest BCUT2D eigenvalue weighted by Gasteiger charge is 2.42.